The molecule has 134 valence electrons. The normalized spacial score (nSPS) is 14.6. The van der Waals surface area contributed by atoms with Gasteiger partial charge in [-0.2, -0.15) is 0 Å². The zero-order valence-electron chi connectivity index (χ0n) is 14.6. The first kappa shape index (κ1) is 20.0. The fourth-order valence-corrected chi connectivity index (χ4v) is 2.38. The van der Waals surface area contributed by atoms with Gasteiger partial charge in [0.25, 0.3) is 0 Å². The maximum Gasteiger partial charge on any atom is 0.0964 e. The number of rotatable bonds is 13. The van der Waals surface area contributed by atoms with E-state index < -0.39 is 0 Å². The van der Waals surface area contributed by atoms with E-state index in [0.29, 0.717) is 13.1 Å². The Balaban J connectivity index is 2.35. The largest absolute Gasteiger partial charge is 0.392 e. The van der Waals surface area contributed by atoms with Crippen molar-refractivity contribution in [2.75, 3.05) is 45.8 Å². The van der Waals surface area contributed by atoms with Crippen LogP contribution in [0.1, 0.15) is 26.5 Å². The van der Waals surface area contributed by atoms with Gasteiger partial charge in [-0.3, -0.25) is 14.9 Å². The van der Waals surface area contributed by atoms with E-state index in [4.69, 9.17) is 0 Å². The van der Waals surface area contributed by atoms with Crippen molar-refractivity contribution in [3.63, 3.8) is 0 Å². The molecular weight excluding hydrogens is 296 g/mol. The first-order chi connectivity index (χ1) is 11.0. The topological polar surface area (TPSA) is 101 Å². The summed E-state index contributed by atoms with van der Waals surface area (Å²) >= 11 is 0. The van der Waals surface area contributed by atoms with E-state index >= 15 is 0 Å². The SMILES string of the molecule is CCN(CCN(CCNC[C@H](C)O)C[C@H](C)O)Cc1c[nH]nn1. The molecule has 0 bridgehead atoms. The number of likely N-dealkylation sites (N-methyl/N-ethyl adjacent to an activating group) is 1. The summed E-state index contributed by atoms with van der Waals surface area (Å²) in [4.78, 5) is 4.54. The molecule has 0 saturated heterocycles. The summed E-state index contributed by atoms with van der Waals surface area (Å²) in [6.45, 7) is 12.1. The highest BCUT2D eigenvalue weighted by molar-refractivity contribution is 4.90. The van der Waals surface area contributed by atoms with Crippen LogP contribution in [0.15, 0.2) is 6.20 Å². The number of aromatic amines is 1. The lowest BCUT2D eigenvalue weighted by Crippen LogP contribution is -2.42. The van der Waals surface area contributed by atoms with E-state index in [1.54, 1.807) is 6.92 Å². The van der Waals surface area contributed by atoms with Gasteiger partial charge >= 0.3 is 0 Å². The third-order valence-electron chi connectivity index (χ3n) is 3.60. The molecule has 0 amide bonds. The van der Waals surface area contributed by atoms with E-state index in [-0.39, 0.29) is 12.2 Å². The monoisotopic (exact) mass is 328 g/mol. The van der Waals surface area contributed by atoms with Gasteiger partial charge in [0.1, 0.15) is 0 Å². The predicted octanol–water partition coefficient (Wildman–Crippen LogP) is -0.720. The van der Waals surface area contributed by atoms with Crippen LogP contribution in [0.3, 0.4) is 0 Å². The highest BCUT2D eigenvalue weighted by Crippen LogP contribution is 2.00. The van der Waals surface area contributed by atoms with Gasteiger partial charge in [-0.05, 0) is 20.4 Å². The Kier molecular flexibility index (Phi) is 9.97. The van der Waals surface area contributed by atoms with Crippen LogP contribution >= 0.6 is 0 Å². The number of aliphatic hydroxyl groups excluding tert-OH is 2. The molecule has 0 fully saturated rings. The Hall–Kier alpha value is -1.06. The van der Waals surface area contributed by atoms with Crippen LogP contribution in [0.2, 0.25) is 0 Å². The summed E-state index contributed by atoms with van der Waals surface area (Å²) in [5, 5.41) is 32.6. The number of nitrogens with one attached hydrogen (secondary N) is 2. The molecule has 0 unspecified atom stereocenters. The molecule has 4 N–H and O–H groups in total. The summed E-state index contributed by atoms with van der Waals surface area (Å²) < 4.78 is 0. The minimum Gasteiger partial charge on any atom is -0.392 e. The van der Waals surface area contributed by atoms with E-state index in [1.165, 1.54) is 0 Å². The van der Waals surface area contributed by atoms with Gasteiger partial charge in [0.05, 0.1) is 17.9 Å². The van der Waals surface area contributed by atoms with E-state index in [0.717, 1.165) is 45.0 Å². The van der Waals surface area contributed by atoms with Crippen molar-refractivity contribution in [3.8, 4) is 0 Å². The van der Waals surface area contributed by atoms with Gasteiger partial charge in [0.15, 0.2) is 0 Å². The number of hydrogen-bond donors (Lipinski definition) is 4. The van der Waals surface area contributed by atoms with Crippen LogP contribution in [0.25, 0.3) is 0 Å². The van der Waals surface area contributed by atoms with Crippen molar-refractivity contribution < 1.29 is 10.2 Å². The molecule has 1 heterocycles. The van der Waals surface area contributed by atoms with Gasteiger partial charge in [-0.1, -0.05) is 12.1 Å². The molecule has 0 aliphatic carbocycles. The van der Waals surface area contributed by atoms with Crippen molar-refractivity contribution >= 4 is 0 Å². The molecular formula is C15H32N6O2. The first-order valence-electron chi connectivity index (χ1n) is 8.38. The first-order valence-corrected chi connectivity index (χ1v) is 8.38. The Morgan fingerprint density at radius 1 is 1.17 bits per heavy atom. The fourth-order valence-electron chi connectivity index (χ4n) is 2.38. The number of aromatic nitrogens is 3. The van der Waals surface area contributed by atoms with E-state index in [1.807, 2.05) is 13.1 Å². The third-order valence-corrected chi connectivity index (χ3v) is 3.60. The van der Waals surface area contributed by atoms with Crippen LogP contribution in [-0.4, -0.2) is 93.4 Å². The minimum atomic E-state index is -0.350. The fraction of sp³-hybridized carbons (Fsp3) is 0.867. The molecule has 0 spiro atoms. The van der Waals surface area contributed by atoms with Crippen LogP contribution in [-0.2, 0) is 6.54 Å². The van der Waals surface area contributed by atoms with Crippen LogP contribution < -0.4 is 5.32 Å². The molecule has 8 nitrogen and oxygen atoms in total. The molecule has 0 radical (unpaired) electrons. The second kappa shape index (κ2) is 11.5. The number of aliphatic hydroxyl groups is 2. The molecule has 0 aliphatic heterocycles. The molecule has 8 heteroatoms. The van der Waals surface area contributed by atoms with Gasteiger partial charge in [0.2, 0.25) is 0 Å². The molecule has 0 aliphatic rings. The maximum absolute atomic E-state index is 9.66. The smallest absolute Gasteiger partial charge is 0.0964 e. The quantitative estimate of drug-likeness (QED) is 0.355. The lowest BCUT2D eigenvalue weighted by molar-refractivity contribution is 0.114. The summed E-state index contributed by atoms with van der Waals surface area (Å²) in [5.41, 5.74) is 0.938. The van der Waals surface area contributed by atoms with Crippen LogP contribution in [0.5, 0.6) is 0 Å². The lowest BCUT2D eigenvalue weighted by Gasteiger charge is -2.27. The maximum atomic E-state index is 9.66. The average molecular weight is 328 g/mol. The van der Waals surface area contributed by atoms with Crippen LogP contribution in [0, 0.1) is 0 Å². The molecule has 2 atom stereocenters. The average Bonchev–Trinajstić information content (AvgIpc) is 2.99. The van der Waals surface area contributed by atoms with Crippen molar-refractivity contribution in [2.45, 2.75) is 39.5 Å². The van der Waals surface area contributed by atoms with Crippen molar-refractivity contribution in [3.05, 3.63) is 11.9 Å². The third kappa shape index (κ3) is 9.62. The molecule has 1 aromatic heterocycles. The zero-order chi connectivity index (χ0) is 17.1. The zero-order valence-corrected chi connectivity index (χ0v) is 14.6. The predicted molar refractivity (Wildman–Crippen MR) is 90.0 cm³/mol. The van der Waals surface area contributed by atoms with Crippen molar-refractivity contribution in [2.24, 2.45) is 0 Å². The molecule has 0 aromatic carbocycles. The summed E-state index contributed by atoms with van der Waals surface area (Å²) in [7, 11) is 0. The highest BCUT2D eigenvalue weighted by atomic mass is 16.3. The Morgan fingerprint density at radius 2 is 1.91 bits per heavy atom. The second-order valence-corrected chi connectivity index (χ2v) is 6.04. The lowest BCUT2D eigenvalue weighted by atomic mass is 10.3. The van der Waals surface area contributed by atoms with E-state index in [2.05, 4.69) is 37.5 Å². The number of nitrogens with zero attached hydrogens (tertiary/aromatic N) is 4. The van der Waals surface area contributed by atoms with Gasteiger partial charge in [-0.25, -0.2) is 0 Å². The Morgan fingerprint density at radius 3 is 2.48 bits per heavy atom. The Bertz CT molecular complexity index is 385. The summed E-state index contributed by atoms with van der Waals surface area (Å²) in [6.07, 6.45) is 1.13. The molecule has 0 saturated carbocycles. The van der Waals surface area contributed by atoms with Crippen molar-refractivity contribution in [1.29, 1.82) is 0 Å². The van der Waals surface area contributed by atoms with E-state index in [9.17, 15) is 10.2 Å². The standard InChI is InChI=1S/C15H32N6O2/c1-4-20(12-15-10-17-19-18-15)7-8-21(11-14(3)23)6-5-16-9-13(2)22/h10,13-14,16,22-23H,4-9,11-12H2,1-3H3,(H,17,18,19)/t13-,14-/m0/s1. The Labute approximate surface area is 138 Å². The second-order valence-electron chi connectivity index (χ2n) is 6.04. The molecule has 1 rings (SSSR count). The summed E-state index contributed by atoms with van der Waals surface area (Å²) in [5.74, 6) is 0. The highest BCUT2D eigenvalue weighted by Gasteiger charge is 2.11. The van der Waals surface area contributed by atoms with Gasteiger partial charge < -0.3 is 15.5 Å². The number of H-pyrrole nitrogens is 1. The van der Waals surface area contributed by atoms with Crippen LogP contribution in [0.4, 0.5) is 0 Å². The molecule has 23 heavy (non-hydrogen) atoms. The summed E-state index contributed by atoms with van der Waals surface area (Å²) in [6, 6.07) is 0. The van der Waals surface area contributed by atoms with Gasteiger partial charge in [0, 0.05) is 52.0 Å². The molecule has 1 aromatic rings. The minimum absolute atomic E-state index is 0.335. The number of hydrogen-bond acceptors (Lipinski definition) is 7. The van der Waals surface area contributed by atoms with Crippen molar-refractivity contribution in [1.82, 2.24) is 30.5 Å². The van der Waals surface area contributed by atoms with Gasteiger partial charge in [-0.15, -0.1) is 5.10 Å².